The number of rotatable bonds is 6. The van der Waals surface area contributed by atoms with Crippen molar-refractivity contribution in [2.45, 2.75) is 57.5 Å². The van der Waals surface area contributed by atoms with E-state index in [1.54, 1.807) is 12.1 Å². The quantitative estimate of drug-likeness (QED) is 0.826. The van der Waals surface area contributed by atoms with Crippen LogP contribution in [0.1, 0.15) is 40.5 Å². The Morgan fingerprint density at radius 3 is 2.16 bits per heavy atom. The third kappa shape index (κ3) is 4.30. The van der Waals surface area contributed by atoms with Crippen molar-refractivity contribution in [3.8, 4) is 0 Å². The molecule has 7 nitrogen and oxygen atoms in total. The van der Waals surface area contributed by atoms with Crippen molar-refractivity contribution in [3.63, 3.8) is 0 Å². The fourth-order valence-corrected chi connectivity index (χ4v) is 5.12. The third-order valence-corrected chi connectivity index (χ3v) is 6.72. The summed E-state index contributed by atoms with van der Waals surface area (Å²) >= 11 is 0. The molecule has 0 unspecified atom stereocenters. The van der Waals surface area contributed by atoms with E-state index in [0.29, 0.717) is 31.7 Å². The molecular formula is C17H27N3O4S. The van der Waals surface area contributed by atoms with Gasteiger partial charge in [0, 0.05) is 31.4 Å². The van der Waals surface area contributed by atoms with Gasteiger partial charge in [-0.25, -0.2) is 13.4 Å². The Balaban J connectivity index is 2.16. The van der Waals surface area contributed by atoms with Crippen LogP contribution in [0.2, 0.25) is 0 Å². The van der Waals surface area contributed by atoms with E-state index in [1.807, 2.05) is 32.6 Å². The molecule has 1 fully saturated rings. The Kier molecular flexibility index (Phi) is 6.05. The molecule has 0 aliphatic carbocycles. The highest BCUT2D eigenvalue weighted by molar-refractivity contribution is 7.89. The van der Waals surface area contributed by atoms with E-state index < -0.39 is 16.0 Å². The summed E-state index contributed by atoms with van der Waals surface area (Å²) in [6.07, 6.45) is 2.54. The van der Waals surface area contributed by atoms with E-state index >= 15 is 0 Å². The molecule has 1 aliphatic heterocycles. The first kappa shape index (κ1) is 19.7. The molecule has 25 heavy (non-hydrogen) atoms. The predicted octanol–water partition coefficient (Wildman–Crippen LogP) is 2.19. The Bertz CT molecular complexity index is 685. The number of anilines is 1. The smallest absolute Gasteiger partial charge is 0.306 e. The van der Waals surface area contributed by atoms with Crippen molar-refractivity contribution in [2.75, 3.05) is 18.0 Å². The minimum Gasteiger partial charge on any atom is -0.481 e. The molecule has 1 saturated heterocycles. The van der Waals surface area contributed by atoms with E-state index in [2.05, 4.69) is 4.98 Å². The van der Waals surface area contributed by atoms with Crippen LogP contribution in [0.25, 0.3) is 0 Å². The van der Waals surface area contributed by atoms with Gasteiger partial charge in [0.1, 0.15) is 10.7 Å². The van der Waals surface area contributed by atoms with Gasteiger partial charge in [0.15, 0.2) is 0 Å². The number of hydrogen-bond acceptors (Lipinski definition) is 5. The van der Waals surface area contributed by atoms with Gasteiger partial charge in [-0.1, -0.05) is 0 Å². The van der Waals surface area contributed by atoms with Crippen LogP contribution < -0.4 is 4.90 Å². The summed E-state index contributed by atoms with van der Waals surface area (Å²) in [5.41, 5.74) is 0. The molecule has 1 aromatic rings. The van der Waals surface area contributed by atoms with Crippen molar-refractivity contribution in [1.29, 1.82) is 0 Å². The molecule has 0 bridgehead atoms. The minimum atomic E-state index is -3.59. The number of aromatic nitrogens is 1. The normalized spacial score (nSPS) is 16.8. The van der Waals surface area contributed by atoms with E-state index in [4.69, 9.17) is 5.11 Å². The van der Waals surface area contributed by atoms with Crippen molar-refractivity contribution in [3.05, 3.63) is 18.3 Å². The molecule has 0 radical (unpaired) electrons. The van der Waals surface area contributed by atoms with Crippen LogP contribution in [0.5, 0.6) is 0 Å². The molecule has 2 rings (SSSR count). The van der Waals surface area contributed by atoms with Gasteiger partial charge < -0.3 is 10.0 Å². The number of carboxylic acids is 1. The predicted molar refractivity (Wildman–Crippen MR) is 96.1 cm³/mol. The molecule has 140 valence electrons. The van der Waals surface area contributed by atoms with Crippen molar-refractivity contribution >= 4 is 21.8 Å². The summed E-state index contributed by atoms with van der Waals surface area (Å²) in [5.74, 6) is -0.374. The molecule has 0 spiro atoms. The highest BCUT2D eigenvalue weighted by atomic mass is 32.2. The van der Waals surface area contributed by atoms with E-state index in [0.717, 1.165) is 0 Å². The number of pyridine rings is 1. The van der Waals surface area contributed by atoms with Gasteiger partial charge in [-0.2, -0.15) is 4.31 Å². The monoisotopic (exact) mass is 369 g/mol. The first-order valence-electron chi connectivity index (χ1n) is 8.62. The second-order valence-electron chi connectivity index (χ2n) is 6.97. The number of carboxylic acid groups (broad SMARTS) is 1. The zero-order valence-corrected chi connectivity index (χ0v) is 16.0. The van der Waals surface area contributed by atoms with Gasteiger partial charge in [0.25, 0.3) is 0 Å². The molecule has 0 aromatic carbocycles. The van der Waals surface area contributed by atoms with Crippen molar-refractivity contribution in [1.82, 2.24) is 9.29 Å². The Morgan fingerprint density at radius 2 is 1.76 bits per heavy atom. The van der Waals surface area contributed by atoms with E-state index in [1.165, 1.54) is 10.5 Å². The summed E-state index contributed by atoms with van der Waals surface area (Å²) in [5, 5.41) is 9.06. The lowest BCUT2D eigenvalue weighted by Crippen LogP contribution is -2.42. The van der Waals surface area contributed by atoms with Gasteiger partial charge in [-0.15, -0.1) is 0 Å². The van der Waals surface area contributed by atoms with Crippen LogP contribution >= 0.6 is 0 Å². The maximum absolute atomic E-state index is 12.8. The molecule has 1 aliphatic rings. The number of aliphatic carboxylic acids is 1. The van der Waals surface area contributed by atoms with Gasteiger partial charge in [-0.3, -0.25) is 4.79 Å². The lowest BCUT2D eigenvalue weighted by atomic mass is 9.97. The Labute approximate surface area is 149 Å². The van der Waals surface area contributed by atoms with Crippen molar-refractivity contribution < 1.29 is 18.3 Å². The average molecular weight is 369 g/mol. The maximum Gasteiger partial charge on any atom is 0.306 e. The molecule has 2 heterocycles. The number of sulfonamides is 1. The van der Waals surface area contributed by atoms with Crippen LogP contribution in [0.15, 0.2) is 23.2 Å². The lowest BCUT2D eigenvalue weighted by Gasteiger charge is -2.31. The summed E-state index contributed by atoms with van der Waals surface area (Å²) in [7, 11) is -3.59. The Hall–Kier alpha value is -1.67. The first-order valence-corrected chi connectivity index (χ1v) is 10.1. The fourth-order valence-electron chi connectivity index (χ4n) is 3.34. The second-order valence-corrected chi connectivity index (χ2v) is 8.82. The zero-order valence-electron chi connectivity index (χ0n) is 15.2. The van der Waals surface area contributed by atoms with Crippen LogP contribution in [-0.4, -0.2) is 54.0 Å². The van der Waals surface area contributed by atoms with Gasteiger partial charge >= 0.3 is 5.97 Å². The standard InChI is InChI=1S/C17H27N3O4S/c1-12(2)20(13(3)4)25(23,24)15-5-6-16(18-11-15)19-9-7-14(8-10-19)17(21)22/h5-6,11-14H,7-10H2,1-4H3,(H,21,22). The molecule has 0 atom stereocenters. The van der Waals surface area contributed by atoms with E-state index in [-0.39, 0.29) is 22.9 Å². The molecule has 1 N–H and O–H groups in total. The van der Waals surface area contributed by atoms with Crippen LogP contribution in [0.4, 0.5) is 5.82 Å². The summed E-state index contributed by atoms with van der Waals surface area (Å²) in [6, 6.07) is 3.00. The summed E-state index contributed by atoms with van der Waals surface area (Å²) < 4.78 is 27.1. The number of piperidine rings is 1. The molecular weight excluding hydrogens is 342 g/mol. The highest BCUT2D eigenvalue weighted by Gasteiger charge is 2.30. The SMILES string of the molecule is CC(C)N(C(C)C)S(=O)(=O)c1ccc(N2CCC(C(=O)O)CC2)nc1. The van der Waals surface area contributed by atoms with Crippen molar-refractivity contribution in [2.24, 2.45) is 5.92 Å². The molecule has 0 amide bonds. The largest absolute Gasteiger partial charge is 0.481 e. The lowest BCUT2D eigenvalue weighted by molar-refractivity contribution is -0.142. The molecule has 0 saturated carbocycles. The average Bonchev–Trinajstić information content (AvgIpc) is 2.54. The third-order valence-electron chi connectivity index (χ3n) is 4.48. The minimum absolute atomic E-state index is 0.139. The van der Waals surface area contributed by atoms with Crippen LogP contribution in [0.3, 0.4) is 0 Å². The zero-order chi connectivity index (χ0) is 18.8. The van der Waals surface area contributed by atoms with Gasteiger partial charge in [0.05, 0.1) is 5.92 Å². The molecule has 1 aromatic heterocycles. The van der Waals surface area contributed by atoms with E-state index in [9.17, 15) is 13.2 Å². The van der Waals surface area contributed by atoms with Gasteiger partial charge in [-0.05, 0) is 52.7 Å². The van der Waals surface area contributed by atoms with Crippen LogP contribution in [-0.2, 0) is 14.8 Å². The summed E-state index contributed by atoms with van der Waals surface area (Å²) in [6.45, 7) is 8.64. The van der Waals surface area contributed by atoms with Gasteiger partial charge in [0.2, 0.25) is 10.0 Å². The van der Waals surface area contributed by atoms with Crippen LogP contribution in [0, 0.1) is 5.92 Å². The Morgan fingerprint density at radius 1 is 1.20 bits per heavy atom. The fraction of sp³-hybridized carbons (Fsp3) is 0.647. The number of hydrogen-bond donors (Lipinski definition) is 1. The second kappa shape index (κ2) is 7.70. The first-order chi connectivity index (χ1) is 11.6. The summed E-state index contributed by atoms with van der Waals surface area (Å²) in [4.78, 5) is 17.5. The number of carbonyl (C=O) groups is 1. The highest BCUT2D eigenvalue weighted by Crippen LogP contribution is 2.25. The maximum atomic E-state index is 12.8. The topological polar surface area (TPSA) is 90.8 Å². The molecule has 8 heteroatoms. The number of nitrogens with zero attached hydrogens (tertiary/aromatic N) is 3.